The molecule has 0 aliphatic carbocycles. The molecule has 0 atom stereocenters. The predicted octanol–water partition coefficient (Wildman–Crippen LogP) is 3.85. The smallest absolute Gasteiger partial charge is 0.253 e. The molecule has 158 valence electrons. The van der Waals surface area contributed by atoms with Gasteiger partial charge in [0.1, 0.15) is 5.65 Å². The largest absolute Gasteiger partial charge is 0.346 e. The van der Waals surface area contributed by atoms with E-state index in [4.69, 9.17) is 11.6 Å². The molecule has 1 saturated heterocycles. The number of piperidine rings is 1. The number of rotatable bonds is 5. The van der Waals surface area contributed by atoms with Crippen molar-refractivity contribution in [3.05, 3.63) is 63.5 Å². The molecule has 1 aliphatic rings. The van der Waals surface area contributed by atoms with Gasteiger partial charge >= 0.3 is 0 Å². The van der Waals surface area contributed by atoms with Crippen LogP contribution in [0.5, 0.6) is 0 Å². The predicted molar refractivity (Wildman–Crippen MR) is 118 cm³/mol. The highest BCUT2D eigenvalue weighted by Crippen LogP contribution is 2.25. The van der Waals surface area contributed by atoms with Crippen LogP contribution in [0.3, 0.4) is 0 Å². The highest BCUT2D eigenvalue weighted by molar-refractivity contribution is 9.10. The first-order chi connectivity index (χ1) is 14.3. The third kappa shape index (κ3) is 4.39. The van der Waals surface area contributed by atoms with Gasteiger partial charge in [-0.1, -0.05) is 18.0 Å². The molecule has 10 heteroatoms. The van der Waals surface area contributed by atoms with E-state index in [1.54, 1.807) is 0 Å². The van der Waals surface area contributed by atoms with Crippen LogP contribution in [-0.2, 0) is 16.6 Å². The third-order valence-electron chi connectivity index (χ3n) is 5.03. The van der Waals surface area contributed by atoms with E-state index in [1.165, 1.54) is 22.5 Å². The Morgan fingerprint density at radius 1 is 1.13 bits per heavy atom. The van der Waals surface area contributed by atoms with Gasteiger partial charge in [0.05, 0.1) is 27.7 Å². The highest BCUT2D eigenvalue weighted by Gasteiger charge is 2.27. The second-order valence-corrected chi connectivity index (χ2v) is 10.4. The number of nitrogens with zero attached hydrogens (tertiary/aromatic N) is 3. The van der Waals surface area contributed by atoms with Gasteiger partial charge < -0.3 is 9.72 Å². The van der Waals surface area contributed by atoms with Crippen molar-refractivity contribution in [2.75, 3.05) is 13.1 Å². The Kier molecular flexibility index (Phi) is 6.15. The molecule has 1 amide bonds. The van der Waals surface area contributed by atoms with Gasteiger partial charge in [-0.3, -0.25) is 4.79 Å². The van der Waals surface area contributed by atoms with Crippen LogP contribution in [0.4, 0.5) is 0 Å². The summed E-state index contributed by atoms with van der Waals surface area (Å²) in [5.41, 5.74) is 1.56. The van der Waals surface area contributed by atoms with E-state index in [2.05, 4.69) is 26.2 Å². The van der Waals surface area contributed by atoms with Gasteiger partial charge in [-0.15, -0.1) is 0 Å². The number of sulfonamides is 1. The lowest BCUT2D eigenvalue weighted by atomic mass is 10.2. The van der Waals surface area contributed by atoms with Gasteiger partial charge in [-0.05, 0) is 59.1 Å². The fourth-order valence-electron chi connectivity index (χ4n) is 3.46. The van der Waals surface area contributed by atoms with E-state index in [-0.39, 0.29) is 22.0 Å². The van der Waals surface area contributed by atoms with Crippen molar-refractivity contribution < 1.29 is 13.2 Å². The Morgan fingerprint density at radius 2 is 1.90 bits per heavy atom. The van der Waals surface area contributed by atoms with Crippen LogP contribution in [0, 0.1) is 0 Å². The number of nitrogens with one attached hydrogen (secondary N) is 1. The van der Waals surface area contributed by atoms with Crippen molar-refractivity contribution in [1.82, 2.24) is 19.0 Å². The number of aromatic nitrogens is 2. The summed E-state index contributed by atoms with van der Waals surface area (Å²) in [5.74, 6) is -0.450. The van der Waals surface area contributed by atoms with Crippen LogP contribution in [-0.4, -0.2) is 41.1 Å². The fourth-order valence-corrected chi connectivity index (χ4v) is 5.56. The molecule has 30 heavy (non-hydrogen) atoms. The van der Waals surface area contributed by atoms with E-state index in [9.17, 15) is 13.2 Å². The minimum Gasteiger partial charge on any atom is -0.346 e. The number of hydrogen-bond donors (Lipinski definition) is 1. The first-order valence-corrected chi connectivity index (χ1v) is 12.2. The Morgan fingerprint density at radius 3 is 2.67 bits per heavy atom. The minimum atomic E-state index is -3.65. The van der Waals surface area contributed by atoms with Crippen LogP contribution in [0.1, 0.15) is 35.3 Å². The molecule has 1 aromatic carbocycles. The maximum Gasteiger partial charge on any atom is 0.253 e. The molecule has 2 aromatic heterocycles. The molecule has 0 unspecified atom stereocenters. The normalized spacial score (nSPS) is 15.4. The van der Waals surface area contributed by atoms with Crippen molar-refractivity contribution >= 4 is 49.1 Å². The lowest BCUT2D eigenvalue weighted by Gasteiger charge is -2.26. The van der Waals surface area contributed by atoms with Crippen molar-refractivity contribution in [3.8, 4) is 0 Å². The molecular weight excluding hydrogens is 492 g/mol. The van der Waals surface area contributed by atoms with Crippen molar-refractivity contribution in [2.45, 2.75) is 30.7 Å². The number of benzene rings is 1. The number of halogens is 2. The lowest BCUT2D eigenvalue weighted by molar-refractivity contribution is 0.0950. The molecular formula is C20H20BrClN4O3S. The van der Waals surface area contributed by atoms with E-state index in [0.29, 0.717) is 18.8 Å². The standard InChI is InChI=1S/C20H20BrClN4O3S/c21-14-4-7-19-24-15(13-25(19)12-14)11-23-20(27)17-10-16(5-6-18(17)22)30(28,29)26-8-2-1-3-9-26/h4-7,10,12-13H,1-3,8-9,11H2,(H,23,27). The molecule has 0 spiro atoms. The molecule has 0 radical (unpaired) electrons. The van der Waals surface area contributed by atoms with Crippen molar-refractivity contribution in [3.63, 3.8) is 0 Å². The fraction of sp³-hybridized carbons (Fsp3) is 0.300. The lowest BCUT2D eigenvalue weighted by Crippen LogP contribution is -2.35. The highest BCUT2D eigenvalue weighted by atomic mass is 79.9. The summed E-state index contributed by atoms with van der Waals surface area (Å²) >= 11 is 9.60. The Labute approximate surface area is 188 Å². The maximum absolute atomic E-state index is 12.9. The van der Waals surface area contributed by atoms with E-state index < -0.39 is 15.9 Å². The molecule has 0 saturated carbocycles. The first-order valence-electron chi connectivity index (χ1n) is 9.55. The van der Waals surface area contributed by atoms with Crippen LogP contribution in [0.2, 0.25) is 5.02 Å². The van der Waals surface area contributed by atoms with Crippen LogP contribution < -0.4 is 5.32 Å². The molecule has 1 fully saturated rings. The van der Waals surface area contributed by atoms with Gasteiger partial charge in [0.2, 0.25) is 10.0 Å². The number of pyridine rings is 1. The summed E-state index contributed by atoms with van der Waals surface area (Å²) in [7, 11) is -3.65. The average molecular weight is 512 g/mol. The number of fused-ring (bicyclic) bond motifs is 1. The van der Waals surface area contributed by atoms with Gasteiger partial charge in [0, 0.05) is 30.0 Å². The second kappa shape index (κ2) is 8.66. The van der Waals surface area contributed by atoms with Crippen molar-refractivity contribution in [1.29, 1.82) is 0 Å². The van der Waals surface area contributed by atoms with Crippen LogP contribution >= 0.6 is 27.5 Å². The van der Waals surface area contributed by atoms with E-state index in [0.717, 1.165) is 29.4 Å². The summed E-state index contributed by atoms with van der Waals surface area (Å²) in [6.07, 6.45) is 6.41. The molecule has 1 N–H and O–H groups in total. The summed E-state index contributed by atoms with van der Waals surface area (Å²) in [6.45, 7) is 1.19. The third-order valence-corrected chi connectivity index (χ3v) is 7.72. The Balaban J connectivity index is 1.52. The molecule has 4 rings (SSSR count). The molecule has 7 nitrogen and oxygen atoms in total. The molecule has 0 bridgehead atoms. The maximum atomic E-state index is 12.9. The SMILES string of the molecule is O=C(NCc1cn2cc(Br)ccc2n1)c1cc(S(=O)(=O)N2CCCCC2)ccc1Cl. The van der Waals surface area contributed by atoms with Crippen LogP contribution in [0.25, 0.3) is 5.65 Å². The van der Waals surface area contributed by atoms with Gasteiger partial charge in [-0.25, -0.2) is 13.4 Å². The summed E-state index contributed by atoms with van der Waals surface area (Å²) in [6, 6.07) is 8.00. The zero-order valence-electron chi connectivity index (χ0n) is 16.0. The monoisotopic (exact) mass is 510 g/mol. The average Bonchev–Trinajstić information content (AvgIpc) is 3.15. The molecule has 3 aromatic rings. The van der Waals surface area contributed by atoms with E-state index in [1.807, 2.05) is 28.9 Å². The van der Waals surface area contributed by atoms with Crippen molar-refractivity contribution in [2.24, 2.45) is 0 Å². The van der Waals surface area contributed by atoms with Gasteiger partial charge in [0.25, 0.3) is 5.91 Å². The first kappa shape index (κ1) is 21.3. The van der Waals surface area contributed by atoms with E-state index >= 15 is 0 Å². The topological polar surface area (TPSA) is 83.8 Å². The summed E-state index contributed by atoms with van der Waals surface area (Å²) in [5, 5.41) is 2.97. The second-order valence-electron chi connectivity index (χ2n) is 7.13. The number of imidazole rings is 1. The van der Waals surface area contributed by atoms with Gasteiger partial charge in [0.15, 0.2) is 0 Å². The molecule has 1 aliphatic heterocycles. The number of amides is 1. The van der Waals surface area contributed by atoms with Gasteiger partial charge in [-0.2, -0.15) is 4.31 Å². The van der Waals surface area contributed by atoms with Crippen LogP contribution in [0.15, 0.2) is 52.1 Å². The zero-order chi connectivity index (χ0) is 21.3. The summed E-state index contributed by atoms with van der Waals surface area (Å²) < 4.78 is 30.1. The quantitative estimate of drug-likeness (QED) is 0.564. The Hall–Kier alpha value is -1.94. The molecule has 3 heterocycles. The number of carbonyl (C=O) groups is 1. The number of carbonyl (C=O) groups excluding carboxylic acids is 1. The number of hydrogen-bond acceptors (Lipinski definition) is 4. The minimum absolute atomic E-state index is 0.0801. The Bertz CT molecular complexity index is 1210. The summed E-state index contributed by atoms with van der Waals surface area (Å²) in [4.78, 5) is 17.2. The zero-order valence-corrected chi connectivity index (χ0v) is 19.2.